The Hall–Kier alpha value is -2.98. The lowest BCUT2D eigenvalue weighted by Crippen LogP contribution is -2.40. The molecule has 8 nitrogen and oxygen atoms in total. The zero-order valence-electron chi connectivity index (χ0n) is 15.2. The summed E-state index contributed by atoms with van der Waals surface area (Å²) in [5.74, 6) is -0.902. The largest absolute Gasteiger partial charge is 0.431 e. The molecule has 0 unspecified atom stereocenters. The first-order valence-electron chi connectivity index (χ1n) is 7.83. The van der Waals surface area contributed by atoms with Crippen LogP contribution < -0.4 is 16.4 Å². The number of primary sulfonamides is 1. The standard InChI is InChI=1S/C13H7F4N3O2.C3H9NO2S/c1-19-10(13(15,16)17)5-11(21)20(12(19)22)8-3-2-7(6-18)9(14)4-8;1-2-3-7(4,5)6/h2-5H,1H3;2-3H2,1H3,(H2,4,5,6). The lowest BCUT2D eigenvalue weighted by Gasteiger charge is -2.13. The zero-order chi connectivity index (χ0) is 22.6. The maximum absolute atomic E-state index is 13.5. The van der Waals surface area contributed by atoms with E-state index in [0.29, 0.717) is 11.0 Å². The molecule has 0 spiro atoms. The van der Waals surface area contributed by atoms with E-state index in [4.69, 9.17) is 5.26 Å². The Balaban J connectivity index is 0.000000516. The molecule has 0 aliphatic heterocycles. The van der Waals surface area contributed by atoms with Crippen LogP contribution in [-0.2, 0) is 23.2 Å². The monoisotopic (exact) mass is 436 g/mol. The SMILES string of the molecule is CCCS(N)(=O)=O.Cn1c(C(F)(F)F)cc(=O)n(-c2ccc(C#N)c(F)c2)c1=O. The molecule has 29 heavy (non-hydrogen) atoms. The van der Waals surface area contributed by atoms with E-state index in [1.54, 1.807) is 13.0 Å². The molecule has 2 N–H and O–H groups in total. The summed E-state index contributed by atoms with van der Waals surface area (Å²) in [7, 11) is -2.33. The molecule has 0 radical (unpaired) electrons. The first-order valence-corrected chi connectivity index (χ1v) is 9.55. The molecule has 1 aromatic carbocycles. The van der Waals surface area contributed by atoms with E-state index in [9.17, 15) is 35.6 Å². The molecule has 1 aromatic heterocycles. The fourth-order valence-corrected chi connectivity index (χ4v) is 2.72. The Bertz CT molecular complexity index is 1160. The Kier molecular flexibility index (Phi) is 7.48. The number of sulfonamides is 1. The highest BCUT2D eigenvalue weighted by molar-refractivity contribution is 7.89. The van der Waals surface area contributed by atoms with Gasteiger partial charge < -0.3 is 0 Å². The number of alkyl halides is 3. The van der Waals surface area contributed by atoms with Crippen molar-refractivity contribution in [3.63, 3.8) is 0 Å². The molecule has 13 heteroatoms. The summed E-state index contributed by atoms with van der Waals surface area (Å²) in [4.78, 5) is 23.7. The first-order chi connectivity index (χ1) is 13.2. The minimum atomic E-state index is -4.87. The number of nitriles is 1. The summed E-state index contributed by atoms with van der Waals surface area (Å²) in [6, 6.07) is 4.64. The van der Waals surface area contributed by atoms with Gasteiger partial charge in [-0.1, -0.05) is 6.92 Å². The third-order valence-electron chi connectivity index (χ3n) is 3.43. The van der Waals surface area contributed by atoms with E-state index in [1.807, 2.05) is 0 Å². The highest BCUT2D eigenvalue weighted by atomic mass is 32.2. The minimum Gasteiger partial charge on any atom is -0.292 e. The van der Waals surface area contributed by atoms with Crippen molar-refractivity contribution >= 4 is 10.0 Å². The summed E-state index contributed by atoms with van der Waals surface area (Å²) < 4.78 is 72.3. The predicted octanol–water partition coefficient (Wildman–Crippen LogP) is 1.25. The highest BCUT2D eigenvalue weighted by Crippen LogP contribution is 2.27. The number of rotatable bonds is 3. The van der Waals surface area contributed by atoms with Gasteiger partial charge >= 0.3 is 11.9 Å². The van der Waals surface area contributed by atoms with Crippen LogP contribution in [0.3, 0.4) is 0 Å². The Labute approximate surface area is 162 Å². The van der Waals surface area contributed by atoms with Crippen molar-refractivity contribution in [2.75, 3.05) is 5.75 Å². The molecule has 0 bridgehead atoms. The molecule has 0 fully saturated rings. The van der Waals surface area contributed by atoms with E-state index in [2.05, 4.69) is 5.14 Å². The van der Waals surface area contributed by atoms with Gasteiger partial charge in [-0.2, -0.15) is 18.4 Å². The van der Waals surface area contributed by atoms with Crippen LogP contribution in [0.1, 0.15) is 24.6 Å². The van der Waals surface area contributed by atoms with Crippen LogP contribution in [0.15, 0.2) is 33.9 Å². The van der Waals surface area contributed by atoms with Crippen molar-refractivity contribution in [1.29, 1.82) is 5.26 Å². The van der Waals surface area contributed by atoms with Crippen LogP contribution in [-0.4, -0.2) is 23.3 Å². The van der Waals surface area contributed by atoms with Crippen LogP contribution in [0.2, 0.25) is 0 Å². The maximum Gasteiger partial charge on any atom is 0.431 e. The first kappa shape index (κ1) is 24.1. The zero-order valence-corrected chi connectivity index (χ0v) is 16.0. The molecule has 0 aliphatic rings. The third kappa shape index (κ3) is 6.26. The van der Waals surface area contributed by atoms with Crippen LogP contribution in [0.25, 0.3) is 5.69 Å². The summed E-state index contributed by atoms with van der Waals surface area (Å²) >= 11 is 0. The Morgan fingerprint density at radius 2 is 1.79 bits per heavy atom. The van der Waals surface area contributed by atoms with Gasteiger partial charge in [0.1, 0.15) is 17.6 Å². The number of nitrogens with two attached hydrogens (primary N) is 1. The molecular formula is C16H16F4N4O4S. The smallest absolute Gasteiger partial charge is 0.292 e. The summed E-state index contributed by atoms with van der Waals surface area (Å²) in [6.07, 6.45) is -4.28. The van der Waals surface area contributed by atoms with Crippen LogP contribution in [0.5, 0.6) is 0 Å². The lowest BCUT2D eigenvalue weighted by atomic mass is 10.2. The van der Waals surface area contributed by atoms with E-state index >= 15 is 0 Å². The predicted molar refractivity (Wildman–Crippen MR) is 95.2 cm³/mol. The van der Waals surface area contributed by atoms with Crippen molar-refractivity contribution in [2.24, 2.45) is 12.2 Å². The summed E-state index contributed by atoms with van der Waals surface area (Å²) in [5.41, 5.74) is -4.52. The van der Waals surface area contributed by atoms with Crippen LogP contribution in [0.4, 0.5) is 17.6 Å². The van der Waals surface area contributed by atoms with Gasteiger partial charge in [-0.15, -0.1) is 0 Å². The summed E-state index contributed by atoms with van der Waals surface area (Å²) in [5, 5.41) is 13.2. The molecular weight excluding hydrogens is 420 g/mol. The quantitative estimate of drug-likeness (QED) is 0.725. The van der Waals surface area contributed by atoms with Gasteiger partial charge in [0.2, 0.25) is 10.0 Å². The van der Waals surface area contributed by atoms with Crippen LogP contribution in [0, 0.1) is 17.1 Å². The number of hydrogen-bond acceptors (Lipinski definition) is 5. The van der Waals surface area contributed by atoms with Gasteiger partial charge in [0.15, 0.2) is 0 Å². The number of hydrogen-bond donors (Lipinski definition) is 1. The van der Waals surface area contributed by atoms with Crippen molar-refractivity contribution in [2.45, 2.75) is 19.5 Å². The lowest BCUT2D eigenvalue weighted by molar-refractivity contribution is -0.144. The second kappa shape index (κ2) is 9.01. The average molecular weight is 436 g/mol. The molecule has 0 saturated carbocycles. The normalized spacial score (nSPS) is 11.4. The molecule has 0 aliphatic carbocycles. The van der Waals surface area contributed by atoms with Crippen molar-refractivity contribution in [1.82, 2.24) is 9.13 Å². The molecule has 0 amide bonds. The minimum absolute atomic E-state index is 0.0903. The van der Waals surface area contributed by atoms with Crippen molar-refractivity contribution in [3.05, 3.63) is 62.2 Å². The second-order valence-corrected chi connectivity index (χ2v) is 7.42. The molecule has 0 atom stereocenters. The molecule has 2 aromatic rings. The van der Waals surface area contributed by atoms with Gasteiger partial charge in [-0.3, -0.25) is 9.36 Å². The number of halogens is 4. The topological polar surface area (TPSA) is 128 Å². The van der Waals surface area contributed by atoms with Gasteiger partial charge in [0, 0.05) is 13.1 Å². The molecule has 0 saturated heterocycles. The van der Waals surface area contributed by atoms with Crippen LogP contribution >= 0.6 is 0 Å². The fourth-order valence-electron chi connectivity index (χ4n) is 2.15. The maximum atomic E-state index is 13.5. The fraction of sp³-hybridized carbons (Fsp3) is 0.312. The number of aromatic nitrogens is 2. The van der Waals surface area contributed by atoms with E-state index in [0.717, 1.165) is 25.2 Å². The van der Waals surface area contributed by atoms with Crippen molar-refractivity contribution < 1.29 is 26.0 Å². The van der Waals surface area contributed by atoms with Crippen molar-refractivity contribution in [3.8, 4) is 11.8 Å². The Morgan fingerprint density at radius 1 is 1.21 bits per heavy atom. The highest BCUT2D eigenvalue weighted by Gasteiger charge is 2.35. The van der Waals surface area contributed by atoms with E-state index < -0.39 is 39.0 Å². The van der Waals surface area contributed by atoms with Gasteiger partial charge in [-0.25, -0.2) is 27.3 Å². The number of nitrogens with zero attached hydrogens (tertiary/aromatic N) is 3. The molecule has 158 valence electrons. The Morgan fingerprint density at radius 3 is 2.17 bits per heavy atom. The van der Waals surface area contributed by atoms with E-state index in [-0.39, 0.29) is 27.6 Å². The van der Waals surface area contributed by atoms with Gasteiger partial charge in [0.05, 0.1) is 17.0 Å². The average Bonchev–Trinajstić information content (AvgIpc) is 2.57. The number of benzene rings is 1. The summed E-state index contributed by atoms with van der Waals surface area (Å²) in [6.45, 7) is 1.77. The van der Waals surface area contributed by atoms with Gasteiger partial charge in [0.25, 0.3) is 5.56 Å². The second-order valence-electron chi connectivity index (χ2n) is 5.69. The van der Waals surface area contributed by atoms with E-state index in [1.165, 1.54) is 0 Å². The van der Waals surface area contributed by atoms with Gasteiger partial charge in [-0.05, 0) is 24.6 Å². The molecule has 1 heterocycles. The molecule has 2 rings (SSSR count). The third-order valence-corrected chi connectivity index (χ3v) is 4.41.